The highest BCUT2D eigenvalue weighted by Gasteiger charge is 2.24. The van der Waals surface area contributed by atoms with Crippen molar-refractivity contribution in [2.24, 2.45) is 0 Å². The first-order chi connectivity index (χ1) is 4.13. The third-order valence-electron chi connectivity index (χ3n) is 1.62. The van der Waals surface area contributed by atoms with Gasteiger partial charge >= 0.3 is 0 Å². The molecule has 0 N–H and O–H groups in total. The summed E-state index contributed by atoms with van der Waals surface area (Å²) in [5.41, 5.74) is 2.94. The van der Waals surface area contributed by atoms with Crippen LogP contribution in [0.15, 0.2) is 11.4 Å². The van der Waals surface area contributed by atoms with Crippen molar-refractivity contribution < 1.29 is 0 Å². The monoisotopic (exact) mass is 126 g/mol. The highest BCUT2D eigenvalue weighted by Crippen LogP contribution is 2.32. The minimum absolute atomic E-state index is 1.18. The lowest BCUT2D eigenvalue weighted by molar-refractivity contribution is 0.512. The molecule has 0 aromatic heterocycles. The molecule has 2 heteroatoms. The van der Waals surface area contributed by atoms with Gasteiger partial charge in [0.05, 0.1) is 0 Å². The Bertz CT molecular complexity index is 129. The van der Waals surface area contributed by atoms with Gasteiger partial charge in [0.25, 0.3) is 0 Å². The zero-order valence-electron chi connectivity index (χ0n) is 6.60. The standard InChI is InChI=1S/C7H14N2/c1-8(2)6-5-7(6)9(3)4/h5H2,1-4H3. The minimum atomic E-state index is 1.18. The van der Waals surface area contributed by atoms with E-state index in [1.165, 1.54) is 17.8 Å². The van der Waals surface area contributed by atoms with Crippen LogP contribution in [-0.4, -0.2) is 38.0 Å². The zero-order chi connectivity index (χ0) is 7.02. The van der Waals surface area contributed by atoms with Gasteiger partial charge in [-0.2, -0.15) is 0 Å². The zero-order valence-corrected chi connectivity index (χ0v) is 6.60. The molecule has 0 aliphatic heterocycles. The molecule has 0 atom stereocenters. The molecule has 0 radical (unpaired) electrons. The highest BCUT2D eigenvalue weighted by molar-refractivity contribution is 5.31. The van der Waals surface area contributed by atoms with Crippen molar-refractivity contribution in [1.29, 1.82) is 0 Å². The molecule has 2 nitrogen and oxygen atoms in total. The van der Waals surface area contributed by atoms with Crippen molar-refractivity contribution in [1.82, 2.24) is 9.80 Å². The fourth-order valence-corrected chi connectivity index (χ4v) is 0.947. The Morgan fingerprint density at radius 2 is 1.22 bits per heavy atom. The summed E-state index contributed by atoms with van der Waals surface area (Å²) >= 11 is 0. The Hall–Kier alpha value is -0.660. The van der Waals surface area contributed by atoms with Crippen molar-refractivity contribution in [3.05, 3.63) is 11.4 Å². The molecule has 52 valence electrons. The van der Waals surface area contributed by atoms with Gasteiger partial charge in [-0.15, -0.1) is 0 Å². The van der Waals surface area contributed by atoms with Gasteiger partial charge in [-0.05, 0) is 0 Å². The molecule has 0 heterocycles. The number of hydrogen-bond donors (Lipinski definition) is 0. The molecule has 0 saturated carbocycles. The maximum atomic E-state index is 2.18. The lowest BCUT2D eigenvalue weighted by atomic mass is 10.7. The van der Waals surface area contributed by atoms with Crippen molar-refractivity contribution in [2.45, 2.75) is 6.42 Å². The van der Waals surface area contributed by atoms with Gasteiger partial charge in [0.1, 0.15) is 0 Å². The van der Waals surface area contributed by atoms with Crippen LogP contribution < -0.4 is 0 Å². The maximum Gasteiger partial charge on any atom is 0.0386 e. The molecular formula is C7H14N2. The molecule has 9 heavy (non-hydrogen) atoms. The van der Waals surface area contributed by atoms with Crippen molar-refractivity contribution in [2.75, 3.05) is 28.2 Å². The summed E-state index contributed by atoms with van der Waals surface area (Å²) in [7, 11) is 8.36. The van der Waals surface area contributed by atoms with Crippen LogP contribution in [0, 0.1) is 0 Å². The fraction of sp³-hybridized carbons (Fsp3) is 0.714. The Labute approximate surface area is 56.8 Å². The third-order valence-corrected chi connectivity index (χ3v) is 1.62. The maximum absolute atomic E-state index is 2.18. The SMILES string of the molecule is CN(C)C1=C(N(C)C)C1. The first kappa shape index (κ1) is 6.46. The molecule has 0 aromatic carbocycles. The van der Waals surface area contributed by atoms with Crippen LogP contribution in [0.4, 0.5) is 0 Å². The van der Waals surface area contributed by atoms with Gasteiger partial charge in [-0.3, -0.25) is 0 Å². The number of rotatable bonds is 2. The molecule has 0 unspecified atom stereocenters. The van der Waals surface area contributed by atoms with Gasteiger partial charge in [0.2, 0.25) is 0 Å². The van der Waals surface area contributed by atoms with E-state index >= 15 is 0 Å². The summed E-state index contributed by atoms with van der Waals surface area (Å²) in [5, 5.41) is 0. The lowest BCUT2D eigenvalue weighted by Gasteiger charge is -2.06. The largest absolute Gasteiger partial charge is 0.379 e. The third kappa shape index (κ3) is 1.18. The molecule has 0 spiro atoms. The summed E-state index contributed by atoms with van der Waals surface area (Å²) in [6, 6.07) is 0. The molecule has 0 aromatic rings. The van der Waals surface area contributed by atoms with Crippen molar-refractivity contribution >= 4 is 0 Å². The lowest BCUT2D eigenvalue weighted by Crippen LogP contribution is -2.06. The second kappa shape index (κ2) is 1.94. The minimum Gasteiger partial charge on any atom is -0.379 e. The van der Waals surface area contributed by atoms with E-state index < -0.39 is 0 Å². The van der Waals surface area contributed by atoms with Crippen LogP contribution in [0.1, 0.15) is 6.42 Å². The Balaban J connectivity index is 2.50. The van der Waals surface area contributed by atoms with Crippen LogP contribution in [0.2, 0.25) is 0 Å². The number of nitrogens with zero attached hydrogens (tertiary/aromatic N) is 2. The van der Waals surface area contributed by atoms with Gasteiger partial charge < -0.3 is 9.80 Å². The summed E-state index contributed by atoms with van der Waals surface area (Å²) < 4.78 is 0. The van der Waals surface area contributed by atoms with E-state index in [4.69, 9.17) is 0 Å². The summed E-state index contributed by atoms with van der Waals surface area (Å²) in [4.78, 5) is 4.35. The van der Waals surface area contributed by atoms with Crippen molar-refractivity contribution in [3.63, 3.8) is 0 Å². The van der Waals surface area contributed by atoms with Crippen LogP contribution in [0.3, 0.4) is 0 Å². The number of hydrogen-bond acceptors (Lipinski definition) is 2. The predicted molar refractivity (Wildman–Crippen MR) is 39.0 cm³/mol. The second-order valence-corrected chi connectivity index (χ2v) is 2.86. The second-order valence-electron chi connectivity index (χ2n) is 2.86. The number of allylic oxidation sites excluding steroid dienone is 2. The van der Waals surface area contributed by atoms with Crippen molar-refractivity contribution in [3.8, 4) is 0 Å². The average Bonchev–Trinajstić information content (AvgIpc) is 2.39. The van der Waals surface area contributed by atoms with E-state index in [0.29, 0.717) is 0 Å². The highest BCUT2D eigenvalue weighted by atomic mass is 15.2. The average molecular weight is 126 g/mol. The Morgan fingerprint density at radius 1 is 0.889 bits per heavy atom. The molecular weight excluding hydrogens is 112 g/mol. The smallest absolute Gasteiger partial charge is 0.0386 e. The molecule has 0 saturated heterocycles. The molecule has 1 aliphatic carbocycles. The predicted octanol–water partition coefficient (Wildman–Crippen LogP) is 0.725. The van der Waals surface area contributed by atoms with E-state index in [1.807, 2.05) is 0 Å². The van der Waals surface area contributed by atoms with Gasteiger partial charge in [-0.1, -0.05) is 0 Å². The van der Waals surface area contributed by atoms with Gasteiger partial charge in [0.15, 0.2) is 0 Å². The van der Waals surface area contributed by atoms with Crippen LogP contribution in [-0.2, 0) is 0 Å². The van der Waals surface area contributed by atoms with E-state index in [0.717, 1.165) is 0 Å². The molecule has 1 rings (SSSR count). The van der Waals surface area contributed by atoms with Gasteiger partial charge in [-0.25, -0.2) is 0 Å². The quantitative estimate of drug-likeness (QED) is 0.538. The first-order valence-electron chi connectivity index (χ1n) is 3.19. The molecule has 0 bridgehead atoms. The van der Waals surface area contributed by atoms with E-state index in [2.05, 4.69) is 38.0 Å². The van der Waals surface area contributed by atoms with Crippen LogP contribution in [0.5, 0.6) is 0 Å². The fourth-order valence-electron chi connectivity index (χ4n) is 0.947. The molecule has 1 aliphatic rings. The Morgan fingerprint density at radius 3 is 1.33 bits per heavy atom. The molecule has 0 amide bonds. The van der Waals surface area contributed by atoms with Crippen LogP contribution in [0.25, 0.3) is 0 Å². The molecule has 0 fully saturated rings. The Kier molecular flexibility index (Phi) is 1.39. The topological polar surface area (TPSA) is 6.48 Å². The first-order valence-corrected chi connectivity index (χ1v) is 3.19. The van der Waals surface area contributed by atoms with E-state index in [-0.39, 0.29) is 0 Å². The summed E-state index contributed by atoms with van der Waals surface area (Å²) in [6.07, 6.45) is 1.18. The normalized spacial score (nSPS) is 16.0. The summed E-state index contributed by atoms with van der Waals surface area (Å²) in [5.74, 6) is 0. The van der Waals surface area contributed by atoms with E-state index in [1.54, 1.807) is 0 Å². The van der Waals surface area contributed by atoms with Crippen LogP contribution >= 0.6 is 0 Å². The summed E-state index contributed by atoms with van der Waals surface area (Å²) in [6.45, 7) is 0. The van der Waals surface area contributed by atoms with Gasteiger partial charge in [0, 0.05) is 46.0 Å². The van der Waals surface area contributed by atoms with E-state index in [9.17, 15) is 0 Å².